The van der Waals surface area contributed by atoms with Crippen LogP contribution in [0.25, 0.3) is 0 Å². The second-order valence-corrected chi connectivity index (χ2v) is 2.32. The maximum Gasteiger partial charge on any atom is 0.0192 e. The summed E-state index contributed by atoms with van der Waals surface area (Å²) in [6.45, 7) is 3.73. The first-order valence-electron chi connectivity index (χ1n) is 2.52. The van der Waals surface area contributed by atoms with Gasteiger partial charge in [0.25, 0.3) is 0 Å². The SMILES string of the molecule is [CH2]C1=CC(=S)CC=C1. The lowest BCUT2D eigenvalue weighted by atomic mass is 10.1. The first kappa shape index (κ1) is 5.70. The van der Waals surface area contributed by atoms with E-state index < -0.39 is 0 Å². The highest BCUT2D eigenvalue weighted by molar-refractivity contribution is 7.80. The van der Waals surface area contributed by atoms with Crippen molar-refractivity contribution in [1.29, 1.82) is 0 Å². The van der Waals surface area contributed by atoms with Crippen molar-refractivity contribution < 1.29 is 0 Å². The molecular formula is C7H7S. The Kier molecular flexibility index (Phi) is 1.59. The second-order valence-electron chi connectivity index (χ2n) is 1.79. The predicted octanol–water partition coefficient (Wildman–Crippen LogP) is 2.08. The molecule has 0 bridgehead atoms. The first-order valence-corrected chi connectivity index (χ1v) is 2.93. The molecule has 0 atom stereocenters. The van der Waals surface area contributed by atoms with E-state index in [0.29, 0.717) is 0 Å². The lowest BCUT2D eigenvalue weighted by Gasteiger charge is -1.99. The molecule has 0 aromatic carbocycles. The third-order valence-electron chi connectivity index (χ3n) is 0.997. The Labute approximate surface area is 54.9 Å². The van der Waals surface area contributed by atoms with E-state index in [4.69, 9.17) is 12.2 Å². The summed E-state index contributed by atoms with van der Waals surface area (Å²) in [4.78, 5) is 0.984. The van der Waals surface area contributed by atoms with Gasteiger partial charge in [-0.05, 0) is 18.6 Å². The Morgan fingerprint density at radius 1 is 1.62 bits per heavy atom. The summed E-state index contributed by atoms with van der Waals surface area (Å²) < 4.78 is 0. The van der Waals surface area contributed by atoms with E-state index in [-0.39, 0.29) is 0 Å². The lowest BCUT2D eigenvalue weighted by Crippen LogP contribution is -1.91. The van der Waals surface area contributed by atoms with Crippen LogP contribution in [0.3, 0.4) is 0 Å². The fraction of sp³-hybridized carbons (Fsp3) is 0.143. The highest BCUT2D eigenvalue weighted by Crippen LogP contribution is 2.05. The third kappa shape index (κ3) is 1.27. The predicted molar refractivity (Wildman–Crippen MR) is 39.8 cm³/mol. The fourth-order valence-electron chi connectivity index (χ4n) is 0.640. The highest BCUT2D eigenvalue weighted by Gasteiger charge is 1.93. The number of thiocarbonyl (C=S) groups is 1. The average molecular weight is 123 g/mol. The fourth-order valence-corrected chi connectivity index (χ4v) is 0.888. The van der Waals surface area contributed by atoms with Crippen LogP contribution in [0.1, 0.15) is 6.42 Å². The summed E-state index contributed by atoms with van der Waals surface area (Å²) in [7, 11) is 0. The largest absolute Gasteiger partial charge is 0.0846 e. The van der Waals surface area contributed by atoms with Gasteiger partial charge in [-0.25, -0.2) is 0 Å². The van der Waals surface area contributed by atoms with Crippen LogP contribution in [0.5, 0.6) is 0 Å². The minimum absolute atomic E-state index is 0.911. The van der Waals surface area contributed by atoms with Crippen LogP contribution in [0.2, 0.25) is 0 Å². The first-order chi connectivity index (χ1) is 3.79. The Balaban J connectivity index is 2.77. The van der Waals surface area contributed by atoms with Crippen LogP contribution in [-0.4, -0.2) is 4.86 Å². The molecule has 0 aromatic rings. The molecule has 0 nitrogen and oxygen atoms in total. The zero-order valence-electron chi connectivity index (χ0n) is 4.55. The molecule has 1 aliphatic rings. The molecule has 0 heterocycles. The van der Waals surface area contributed by atoms with Gasteiger partial charge in [-0.3, -0.25) is 0 Å². The molecule has 41 valence electrons. The van der Waals surface area contributed by atoms with E-state index in [1.807, 2.05) is 18.2 Å². The van der Waals surface area contributed by atoms with Crippen molar-refractivity contribution in [1.82, 2.24) is 0 Å². The number of hydrogen-bond donors (Lipinski definition) is 0. The van der Waals surface area contributed by atoms with Gasteiger partial charge in [0.1, 0.15) is 0 Å². The van der Waals surface area contributed by atoms with Crippen molar-refractivity contribution in [2.24, 2.45) is 0 Å². The van der Waals surface area contributed by atoms with Crippen LogP contribution < -0.4 is 0 Å². The maximum atomic E-state index is 4.92. The van der Waals surface area contributed by atoms with Crippen LogP contribution in [0.4, 0.5) is 0 Å². The van der Waals surface area contributed by atoms with E-state index in [2.05, 4.69) is 6.92 Å². The van der Waals surface area contributed by atoms with Crippen molar-refractivity contribution in [2.45, 2.75) is 6.42 Å². The Bertz CT molecular complexity index is 163. The number of rotatable bonds is 0. The highest BCUT2D eigenvalue weighted by atomic mass is 32.1. The third-order valence-corrected chi connectivity index (χ3v) is 1.28. The molecule has 1 aliphatic carbocycles. The molecule has 0 amide bonds. The van der Waals surface area contributed by atoms with E-state index in [0.717, 1.165) is 16.9 Å². The van der Waals surface area contributed by atoms with Gasteiger partial charge in [0.05, 0.1) is 0 Å². The molecule has 0 aromatic heterocycles. The van der Waals surface area contributed by atoms with Gasteiger partial charge < -0.3 is 0 Å². The van der Waals surface area contributed by atoms with Gasteiger partial charge in [0.2, 0.25) is 0 Å². The van der Waals surface area contributed by atoms with Crippen LogP contribution >= 0.6 is 12.2 Å². The summed E-state index contributed by atoms with van der Waals surface area (Å²) in [5.41, 5.74) is 1.02. The summed E-state index contributed by atoms with van der Waals surface area (Å²) >= 11 is 4.92. The molecule has 0 aliphatic heterocycles. The van der Waals surface area contributed by atoms with Crippen molar-refractivity contribution in [3.05, 3.63) is 30.7 Å². The molecule has 0 saturated carbocycles. The molecule has 0 unspecified atom stereocenters. The van der Waals surface area contributed by atoms with E-state index in [1.54, 1.807) is 0 Å². The summed E-state index contributed by atoms with van der Waals surface area (Å²) in [5, 5.41) is 0. The van der Waals surface area contributed by atoms with Crippen molar-refractivity contribution >= 4 is 17.1 Å². The van der Waals surface area contributed by atoms with Gasteiger partial charge >= 0.3 is 0 Å². The van der Waals surface area contributed by atoms with E-state index in [1.165, 1.54) is 0 Å². The van der Waals surface area contributed by atoms with E-state index >= 15 is 0 Å². The molecule has 0 saturated heterocycles. The molecular weight excluding hydrogens is 116 g/mol. The summed E-state index contributed by atoms with van der Waals surface area (Å²) in [6.07, 6.45) is 6.85. The van der Waals surface area contributed by atoms with Crippen LogP contribution in [-0.2, 0) is 0 Å². The summed E-state index contributed by atoms with van der Waals surface area (Å²) in [6, 6.07) is 0. The van der Waals surface area contributed by atoms with Gasteiger partial charge in [-0.2, -0.15) is 0 Å². The molecule has 0 spiro atoms. The van der Waals surface area contributed by atoms with Crippen LogP contribution in [0.15, 0.2) is 23.8 Å². The topological polar surface area (TPSA) is 0 Å². The summed E-state index contributed by atoms with van der Waals surface area (Å²) in [5.74, 6) is 0. The normalized spacial score (nSPS) is 18.6. The minimum Gasteiger partial charge on any atom is -0.0846 e. The number of hydrogen-bond acceptors (Lipinski definition) is 1. The Morgan fingerprint density at radius 3 is 2.75 bits per heavy atom. The van der Waals surface area contributed by atoms with Gasteiger partial charge in [0, 0.05) is 11.3 Å². The molecule has 1 rings (SSSR count). The molecule has 0 fully saturated rings. The Morgan fingerprint density at radius 2 is 2.38 bits per heavy atom. The minimum atomic E-state index is 0.911. The zero-order valence-corrected chi connectivity index (χ0v) is 5.37. The quantitative estimate of drug-likeness (QED) is 0.444. The van der Waals surface area contributed by atoms with Crippen molar-refractivity contribution in [2.75, 3.05) is 0 Å². The average Bonchev–Trinajstić information content (AvgIpc) is 1.64. The molecule has 8 heavy (non-hydrogen) atoms. The second kappa shape index (κ2) is 2.23. The molecule has 0 N–H and O–H groups in total. The van der Waals surface area contributed by atoms with Crippen LogP contribution in [0, 0.1) is 6.92 Å². The monoisotopic (exact) mass is 123 g/mol. The van der Waals surface area contributed by atoms with E-state index in [9.17, 15) is 0 Å². The molecule has 1 heteroatoms. The van der Waals surface area contributed by atoms with Gasteiger partial charge in [-0.1, -0.05) is 24.4 Å². The van der Waals surface area contributed by atoms with Crippen molar-refractivity contribution in [3.63, 3.8) is 0 Å². The van der Waals surface area contributed by atoms with Crippen molar-refractivity contribution in [3.8, 4) is 0 Å². The standard InChI is InChI=1S/C7H7S/c1-6-3-2-4-7(8)5-6/h2-3,5H,1,4H2. The zero-order chi connectivity index (χ0) is 5.98. The lowest BCUT2D eigenvalue weighted by molar-refractivity contribution is 1.47. The van der Waals surface area contributed by atoms with Gasteiger partial charge in [-0.15, -0.1) is 0 Å². The van der Waals surface area contributed by atoms with Gasteiger partial charge in [0.15, 0.2) is 0 Å². The number of allylic oxidation sites excluding steroid dienone is 4. The smallest absolute Gasteiger partial charge is 0.0192 e. The Hall–Kier alpha value is -0.430. The molecule has 1 radical (unpaired) electrons. The maximum absolute atomic E-state index is 4.92.